The lowest BCUT2D eigenvalue weighted by atomic mass is 10.5. The van der Waals surface area contributed by atoms with Gasteiger partial charge >= 0.3 is 23.2 Å². The quantitative estimate of drug-likeness (QED) is 0.558. The first-order chi connectivity index (χ1) is 6.37. The Hall–Kier alpha value is 0.450. The third-order valence-electron chi connectivity index (χ3n) is 1.44. The second-order valence-electron chi connectivity index (χ2n) is 3.16. The highest BCUT2D eigenvalue weighted by atomic mass is 31.3. The molecule has 9 nitrogen and oxygen atoms in total. The van der Waals surface area contributed by atoms with Gasteiger partial charge in [-0.05, 0) is 13.8 Å². The summed E-state index contributed by atoms with van der Waals surface area (Å²) in [5.41, 5.74) is 0. The summed E-state index contributed by atoms with van der Waals surface area (Å²) in [5, 5.41) is -2.13. The van der Waals surface area contributed by atoms with Crippen molar-refractivity contribution in [1.29, 1.82) is 0 Å². The van der Waals surface area contributed by atoms with E-state index >= 15 is 0 Å². The Balaban J connectivity index is 3.28. The molecule has 1 aliphatic heterocycles. The minimum Gasteiger partial charge on any atom is -0.322 e. The number of rotatable bonds is 0. The minimum atomic E-state index is -5.10. The Bertz CT molecular complexity index is 411. The summed E-state index contributed by atoms with van der Waals surface area (Å²) in [6.45, 7) is 1.90. The molecule has 0 bridgehead atoms. The smallest absolute Gasteiger partial charge is 0.322 e. The topological polar surface area (TPSA) is 140 Å². The largest absolute Gasteiger partial charge is 0.488 e. The van der Waals surface area contributed by atoms with E-state index in [4.69, 9.17) is 9.79 Å². The van der Waals surface area contributed by atoms with Gasteiger partial charge in [-0.2, -0.15) is 4.31 Å². The van der Waals surface area contributed by atoms with Crippen molar-refractivity contribution in [3.63, 3.8) is 0 Å². The predicted octanol–water partition coefficient (Wildman–Crippen LogP) is 1.17. The molecule has 1 aliphatic rings. The van der Waals surface area contributed by atoms with Crippen LogP contribution in [0.2, 0.25) is 0 Å². The molecule has 12 heteroatoms. The van der Waals surface area contributed by atoms with Crippen molar-refractivity contribution < 1.29 is 41.5 Å². The van der Waals surface area contributed by atoms with Crippen LogP contribution in [0.5, 0.6) is 0 Å². The third kappa shape index (κ3) is 2.97. The van der Waals surface area contributed by atoms with Crippen LogP contribution in [0.3, 0.4) is 0 Å². The zero-order chi connectivity index (χ0) is 12.1. The molecule has 1 fully saturated rings. The minimum absolute atomic E-state index is 0.950. The van der Waals surface area contributed by atoms with E-state index in [9.17, 15) is 18.6 Å². The number of hydrogen-bond acceptors (Lipinski definition) is 6. The summed E-state index contributed by atoms with van der Waals surface area (Å²) in [6, 6.07) is 0. The maximum atomic E-state index is 11.4. The SMILES string of the molecule is CC1(C)OP(=O)(O)OP(=O)(O)OP1(=O)O. The number of hydrogen-bond donors (Lipinski definition) is 3. The molecule has 3 unspecified atom stereocenters. The van der Waals surface area contributed by atoms with Crippen LogP contribution in [0, 0.1) is 0 Å². The predicted molar refractivity (Wildman–Crippen MR) is 46.8 cm³/mol. The van der Waals surface area contributed by atoms with Crippen molar-refractivity contribution in [2.45, 2.75) is 19.2 Å². The van der Waals surface area contributed by atoms with Gasteiger partial charge in [0.15, 0.2) is 5.34 Å². The molecule has 1 rings (SSSR count). The first-order valence-electron chi connectivity index (χ1n) is 3.49. The molecule has 0 aromatic rings. The maximum Gasteiger partial charge on any atom is 0.488 e. The number of phosphoric acid groups is 2. The Labute approximate surface area is 84.7 Å². The van der Waals surface area contributed by atoms with Gasteiger partial charge in [0.25, 0.3) is 0 Å². The van der Waals surface area contributed by atoms with Gasteiger partial charge in [0.2, 0.25) is 0 Å². The Kier molecular flexibility index (Phi) is 3.13. The van der Waals surface area contributed by atoms with Crippen LogP contribution < -0.4 is 0 Å². The van der Waals surface area contributed by atoms with Crippen molar-refractivity contribution >= 4 is 23.2 Å². The summed E-state index contributed by atoms with van der Waals surface area (Å²) < 4.78 is 45.2. The average Bonchev–Trinajstić information content (AvgIpc) is 1.77. The molecular weight excluding hydrogens is 273 g/mol. The highest BCUT2D eigenvalue weighted by molar-refractivity contribution is 7.70. The lowest BCUT2D eigenvalue weighted by Crippen LogP contribution is -2.22. The Morgan fingerprint density at radius 3 is 1.87 bits per heavy atom. The van der Waals surface area contributed by atoms with E-state index in [1.165, 1.54) is 0 Å². The van der Waals surface area contributed by atoms with E-state index in [0.717, 1.165) is 13.8 Å². The molecule has 1 heterocycles. The molecule has 90 valence electrons. The fraction of sp³-hybridized carbons (Fsp3) is 1.00. The van der Waals surface area contributed by atoms with Gasteiger partial charge in [-0.3, -0.25) is 9.09 Å². The lowest BCUT2D eigenvalue weighted by molar-refractivity contribution is 0.120. The Morgan fingerprint density at radius 2 is 1.40 bits per heavy atom. The molecule has 0 aromatic carbocycles. The molecule has 0 radical (unpaired) electrons. The van der Waals surface area contributed by atoms with Crippen LogP contribution >= 0.6 is 23.2 Å². The van der Waals surface area contributed by atoms with Gasteiger partial charge in [0.1, 0.15) is 0 Å². The second-order valence-corrected chi connectivity index (χ2v) is 8.64. The molecule has 0 amide bonds. The average molecular weight is 282 g/mol. The standard InChI is InChI=1S/C3H9O9P3/c1-3(2)10-14(6,7)12-15(8,9)11-13(3,4)5/h1-2H3,(H,4,5)(H,6,7)(H,8,9). The zero-order valence-corrected chi connectivity index (χ0v) is 10.3. The van der Waals surface area contributed by atoms with Gasteiger partial charge in [-0.1, -0.05) is 0 Å². The van der Waals surface area contributed by atoms with Gasteiger partial charge in [0, 0.05) is 0 Å². The molecule has 0 aromatic heterocycles. The maximum absolute atomic E-state index is 11.4. The van der Waals surface area contributed by atoms with Crippen molar-refractivity contribution in [3.05, 3.63) is 0 Å². The van der Waals surface area contributed by atoms with Crippen LogP contribution in [0.4, 0.5) is 0 Å². The van der Waals surface area contributed by atoms with E-state index in [1.54, 1.807) is 0 Å². The molecule has 0 saturated carbocycles. The van der Waals surface area contributed by atoms with Crippen LogP contribution in [0.1, 0.15) is 13.8 Å². The first-order valence-corrected chi connectivity index (χ1v) is 8.06. The monoisotopic (exact) mass is 282 g/mol. The summed E-state index contributed by atoms with van der Waals surface area (Å²) in [7, 11) is -14.8. The molecule has 3 atom stereocenters. The summed E-state index contributed by atoms with van der Waals surface area (Å²) in [5.74, 6) is 0. The molecule has 15 heavy (non-hydrogen) atoms. The Morgan fingerprint density at radius 1 is 0.933 bits per heavy atom. The van der Waals surface area contributed by atoms with Crippen LogP contribution in [0.25, 0.3) is 0 Å². The second kappa shape index (κ2) is 3.47. The van der Waals surface area contributed by atoms with E-state index in [2.05, 4.69) is 13.1 Å². The zero-order valence-electron chi connectivity index (χ0n) is 7.63. The van der Waals surface area contributed by atoms with E-state index < -0.39 is 28.6 Å². The van der Waals surface area contributed by atoms with Gasteiger partial charge in [0.05, 0.1) is 0 Å². The summed E-state index contributed by atoms with van der Waals surface area (Å²) >= 11 is 0. The van der Waals surface area contributed by atoms with Gasteiger partial charge < -0.3 is 14.7 Å². The fourth-order valence-corrected chi connectivity index (χ4v) is 5.49. The molecule has 0 aliphatic carbocycles. The summed E-state index contributed by atoms with van der Waals surface area (Å²) in [4.78, 5) is 27.0. The van der Waals surface area contributed by atoms with Crippen molar-refractivity contribution in [1.82, 2.24) is 0 Å². The third-order valence-corrected chi connectivity index (χ3v) is 7.08. The fourth-order valence-electron chi connectivity index (χ4n) is 0.734. The first kappa shape index (κ1) is 13.5. The molecular formula is C3H9O9P3. The van der Waals surface area contributed by atoms with Gasteiger partial charge in [-0.25, -0.2) is 13.4 Å². The van der Waals surface area contributed by atoms with Crippen LogP contribution in [-0.4, -0.2) is 20.0 Å². The van der Waals surface area contributed by atoms with Gasteiger partial charge in [-0.15, -0.1) is 0 Å². The molecule has 1 saturated heterocycles. The highest BCUT2D eigenvalue weighted by Crippen LogP contribution is 2.77. The molecule has 3 N–H and O–H groups in total. The van der Waals surface area contributed by atoms with E-state index in [0.29, 0.717) is 0 Å². The van der Waals surface area contributed by atoms with Crippen LogP contribution in [0.15, 0.2) is 0 Å². The van der Waals surface area contributed by atoms with Crippen molar-refractivity contribution in [3.8, 4) is 0 Å². The molecule has 0 spiro atoms. The normalized spacial score (nSPS) is 51.0. The summed E-state index contributed by atoms with van der Waals surface area (Å²) in [6.07, 6.45) is 0. The lowest BCUT2D eigenvalue weighted by Gasteiger charge is -2.25. The van der Waals surface area contributed by atoms with E-state index in [1.807, 2.05) is 0 Å². The van der Waals surface area contributed by atoms with Crippen molar-refractivity contribution in [2.24, 2.45) is 0 Å². The van der Waals surface area contributed by atoms with E-state index in [-0.39, 0.29) is 0 Å². The highest BCUT2D eigenvalue weighted by Gasteiger charge is 2.57. The van der Waals surface area contributed by atoms with Crippen molar-refractivity contribution in [2.75, 3.05) is 0 Å². The van der Waals surface area contributed by atoms with Crippen LogP contribution in [-0.2, 0) is 26.8 Å². The number of phosphoric ester groups is 1.